The largest absolute Gasteiger partial charge is 0.398 e. The molecule has 94 valence electrons. The zero-order valence-electron chi connectivity index (χ0n) is 10.6. The molecule has 0 radical (unpaired) electrons. The summed E-state index contributed by atoms with van der Waals surface area (Å²) in [7, 11) is 0. The van der Waals surface area contributed by atoms with Crippen molar-refractivity contribution < 1.29 is 0 Å². The smallest absolute Gasteiger partial charge is 0.0870 e. The molecule has 0 bridgehead atoms. The van der Waals surface area contributed by atoms with Crippen LogP contribution in [-0.2, 0) is 12.8 Å². The maximum absolute atomic E-state index is 6.42. The maximum Gasteiger partial charge on any atom is 0.0870 e. The lowest BCUT2D eigenvalue weighted by atomic mass is 10.00. The number of nitrogens with zero attached hydrogens (tertiary/aromatic N) is 1. The third-order valence-electron chi connectivity index (χ3n) is 3.87. The molecular weight excluding hydrogens is 288 g/mol. The third kappa shape index (κ3) is 1.81. The Morgan fingerprint density at radius 2 is 1.94 bits per heavy atom. The summed E-state index contributed by atoms with van der Waals surface area (Å²) in [5.74, 6) is 0. The first-order chi connectivity index (χ1) is 8.68. The van der Waals surface area contributed by atoms with Gasteiger partial charge in [0.05, 0.1) is 5.52 Å². The van der Waals surface area contributed by atoms with Gasteiger partial charge in [-0.3, -0.25) is 4.98 Å². The normalized spacial score (nSPS) is 15.4. The number of rotatable bonds is 0. The van der Waals surface area contributed by atoms with Crippen LogP contribution in [0.5, 0.6) is 0 Å². The molecule has 0 aliphatic heterocycles. The average molecular weight is 305 g/mol. The van der Waals surface area contributed by atoms with E-state index in [9.17, 15) is 0 Å². The molecule has 0 saturated carbocycles. The standard InChI is InChI=1S/C15H17BrN2/c1-9-7-8-11(16)15-13(9)14(17)10-5-3-2-4-6-12(10)18-15/h7-8H,2-6H2,1H3,(H2,17,18). The van der Waals surface area contributed by atoms with E-state index in [0.717, 1.165) is 33.9 Å². The van der Waals surface area contributed by atoms with Crippen LogP contribution in [-0.4, -0.2) is 4.98 Å². The van der Waals surface area contributed by atoms with Gasteiger partial charge in [0, 0.05) is 21.2 Å². The van der Waals surface area contributed by atoms with Crippen molar-refractivity contribution >= 4 is 32.5 Å². The minimum Gasteiger partial charge on any atom is -0.398 e. The van der Waals surface area contributed by atoms with Gasteiger partial charge in [-0.15, -0.1) is 0 Å². The van der Waals surface area contributed by atoms with Crippen molar-refractivity contribution in [3.63, 3.8) is 0 Å². The lowest BCUT2D eigenvalue weighted by molar-refractivity contribution is 0.709. The van der Waals surface area contributed by atoms with Gasteiger partial charge < -0.3 is 5.73 Å². The number of anilines is 1. The molecule has 0 fully saturated rings. The molecule has 0 spiro atoms. The Kier molecular flexibility index (Phi) is 3.02. The Morgan fingerprint density at radius 1 is 1.17 bits per heavy atom. The summed E-state index contributed by atoms with van der Waals surface area (Å²) >= 11 is 3.59. The zero-order chi connectivity index (χ0) is 12.7. The number of hydrogen-bond acceptors (Lipinski definition) is 2. The fraction of sp³-hybridized carbons (Fsp3) is 0.400. The van der Waals surface area contributed by atoms with Crippen molar-refractivity contribution in [1.82, 2.24) is 4.98 Å². The van der Waals surface area contributed by atoms with Gasteiger partial charge in [-0.2, -0.15) is 0 Å². The van der Waals surface area contributed by atoms with E-state index in [2.05, 4.69) is 35.0 Å². The summed E-state index contributed by atoms with van der Waals surface area (Å²) in [6, 6.07) is 4.17. The first kappa shape index (κ1) is 12.0. The van der Waals surface area contributed by atoms with E-state index in [-0.39, 0.29) is 0 Å². The summed E-state index contributed by atoms with van der Waals surface area (Å²) in [4.78, 5) is 4.87. The molecule has 1 aliphatic carbocycles. The van der Waals surface area contributed by atoms with E-state index in [1.807, 2.05) is 0 Å². The highest BCUT2D eigenvalue weighted by atomic mass is 79.9. The summed E-state index contributed by atoms with van der Waals surface area (Å²) in [6.45, 7) is 2.11. The molecule has 0 unspecified atom stereocenters. The Hall–Kier alpha value is -1.09. The van der Waals surface area contributed by atoms with Gasteiger partial charge in [-0.25, -0.2) is 0 Å². The van der Waals surface area contributed by atoms with E-state index in [0.29, 0.717) is 0 Å². The highest BCUT2D eigenvalue weighted by Crippen LogP contribution is 2.35. The number of pyridine rings is 1. The van der Waals surface area contributed by atoms with Crippen molar-refractivity contribution in [2.24, 2.45) is 0 Å². The number of aryl methyl sites for hydroxylation is 2. The molecule has 18 heavy (non-hydrogen) atoms. The van der Waals surface area contributed by atoms with Gasteiger partial charge in [-0.1, -0.05) is 12.5 Å². The summed E-state index contributed by atoms with van der Waals surface area (Å²) in [6.07, 6.45) is 5.89. The lowest BCUT2D eigenvalue weighted by Gasteiger charge is -2.14. The summed E-state index contributed by atoms with van der Waals surface area (Å²) < 4.78 is 1.04. The maximum atomic E-state index is 6.42. The van der Waals surface area contributed by atoms with E-state index in [1.54, 1.807) is 0 Å². The third-order valence-corrected chi connectivity index (χ3v) is 4.51. The SMILES string of the molecule is Cc1ccc(Br)c2nc3c(c(N)c12)CCCCC3. The predicted octanol–water partition coefficient (Wildman–Crippen LogP) is 4.16. The number of hydrogen-bond donors (Lipinski definition) is 1. The number of halogens is 1. The fourth-order valence-corrected chi connectivity index (χ4v) is 3.30. The second-order valence-electron chi connectivity index (χ2n) is 5.10. The quantitative estimate of drug-likeness (QED) is 0.742. The zero-order valence-corrected chi connectivity index (χ0v) is 12.2. The Labute approximate surface area is 116 Å². The molecule has 0 amide bonds. The predicted molar refractivity (Wildman–Crippen MR) is 79.9 cm³/mol. The van der Waals surface area contributed by atoms with Crippen LogP contribution in [0.2, 0.25) is 0 Å². The number of aromatic nitrogens is 1. The van der Waals surface area contributed by atoms with Gasteiger partial charge in [-0.05, 0) is 65.7 Å². The molecule has 3 rings (SSSR count). The van der Waals surface area contributed by atoms with E-state index in [4.69, 9.17) is 10.7 Å². The Bertz CT molecular complexity index is 620. The fourth-order valence-electron chi connectivity index (χ4n) is 2.88. The van der Waals surface area contributed by atoms with Crippen LogP contribution < -0.4 is 5.73 Å². The summed E-state index contributed by atoms with van der Waals surface area (Å²) in [5, 5.41) is 1.13. The molecular formula is C15H17BrN2. The van der Waals surface area contributed by atoms with Crippen molar-refractivity contribution in [2.75, 3.05) is 5.73 Å². The van der Waals surface area contributed by atoms with Crippen molar-refractivity contribution in [1.29, 1.82) is 0 Å². The number of nitrogens with two attached hydrogens (primary N) is 1. The first-order valence-electron chi connectivity index (χ1n) is 6.54. The van der Waals surface area contributed by atoms with Crippen LogP contribution in [0.3, 0.4) is 0 Å². The van der Waals surface area contributed by atoms with Crippen LogP contribution in [0.1, 0.15) is 36.1 Å². The molecule has 0 saturated heterocycles. The van der Waals surface area contributed by atoms with Crippen molar-refractivity contribution in [2.45, 2.75) is 39.0 Å². The topological polar surface area (TPSA) is 38.9 Å². The second kappa shape index (κ2) is 4.54. The van der Waals surface area contributed by atoms with Gasteiger partial charge >= 0.3 is 0 Å². The van der Waals surface area contributed by atoms with Gasteiger partial charge in [0.15, 0.2) is 0 Å². The number of fused-ring (bicyclic) bond motifs is 2. The van der Waals surface area contributed by atoms with E-state index < -0.39 is 0 Å². The van der Waals surface area contributed by atoms with Crippen LogP contribution >= 0.6 is 15.9 Å². The highest BCUT2D eigenvalue weighted by molar-refractivity contribution is 9.10. The van der Waals surface area contributed by atoms with Crippen molar-refractivity contribution in [3.8, 4) is 0 Å². The van der Waals surface area contributed by atoms with Gasteiger partial charge in [0.2, 0.25) is 0 Å². The number of benzene rings is 1. The Balaban J connectivity index is 2.38. The molecule has 2 aromatic rings. The molecule has 1 aromatic carbocycles. The van der Waals surface area contributed by atoms with Crippen LogP contribution in [0.25, 0.3) is 10.9 Å². The molecule has 3 heteroatoms. The molecule has 0 atom stereocenters. The van der Waals surface area contributed by atoms with Crippen LogP contribution in [0, 0.1) is 6.92 Å². The minimum atomic E-state index is 0.954. The molecule has 2 N–H and O–H groups in total. The van der Waals surface area contributed by atoms with E-state index >= 15 is 0 Å². The van der Waals surface area contributed by atoms with E-state index in [1.165, 1.54) is 36.1 Å². The minimum absolute atomic E-state index is 0.954. The molecule has 1 heterocycles. The highest BCUT2D eigenvalue weighted by Gasteiger charge is 2.17. The monoisotopic (exact) mass is 304 g/mol. The first-order valence-corrected chi connectivity index (χ1v) is 7.34. The lowest BCUT2D eigenvalue weighted by Crippen LogP contribution is -2.04. The van der Waals surface area contributed by atoms with Crippen LogP contribution in [0.4, 0.5) is 5.69 Å². The van der Waals surface area contributed by atoms with Gasteiger partial charge in [0.1, 0.15) is 0 Å². The number of nitrogen functional groups attached to an aromatic ring is 1. The van der Waals surface area contributed by atoms with Crippen molar-refractivity contribution in [3.05, 3.63) is 33.4 Å². The summed E-state index contributed by atoms with van der Waals surface area (Å²) in [5.41, 5.74) is 12.1. The molecule has 1 aliphatic rings. The molecule has 1 aromatic heterocycles. The van der Waals surface area contributed by atoms with Gasteiger partial charge in [0.25, 0.3) is 0 Å². The van der Waals surface area contributed by atoms with Crippen LogP contribution in [0.15, 0.2) is 16.6 Å². The second-order valence-corrected chi connectivity index (χ2v) is 5.95. The average Bonchev–Trinajstić information content (AvgIpc) is 2.59. The Morgan fingerprint density at radius 3 is 2.78 bits per heavy atom. The molecule has 2 nitrogen and oxygen atoms in total.